The Bertz CT molecular complexity index is 545. The lowest BCUT2D eigenvalue weighted by Gasteiger charge is -2.09. The van der Waals surface area contributed by atoms with Crippen LogP contribution in [0.15, 0.2) is 28.7 Å². The number of para-hydroxylation sites is 1. The molecule has 1 amide bonds. The first-order valence-corrected chi connectivity index (χ1v) is 5.53. The molecule has 4 nitrogen and oxygen atoms in total. The number of rotatable bonds is 3. The fourth-order valence-corrected chi connectivity index (χ4v) is 1.73. The van der Waals surface area contributed by atoms with Crippen LogP contribution in [0.5, 0.6) is 0 Å². The third-order valence-electron chi connectivity index (χ3n) is 2.70. The molecule has 0 aliphatic rings. The summed E-state index contributed by atoms with van der Waals surface area (Å²) in [5.74, 6) is 0.0201. The fourth-order valence-electron chi connectivity index (χ4n) is 1.73. The van der Waals surface area contributed by atoms with E-state index in [9.17, 15) is 4.79 Å². The lowest BCUT2D eigenvalue weighted by Crippen LogP contribution is -2.35. The van der Waals surface area contributed by atoms with Crippen LogP contribution < -0.4 is 5.32 Å². The van der Waals surface area contributed by atoms with E-state index in [0.717, 1.165) is 10.9 Å². The predicted molar refractivity (Wildman–Crippen MR) is 65.0 cm³/mol. The van der Waals surface area contributed by atoms with Crippen LogP contribution in [0.2, 0.25) is 0 Å². The number of fused-ring (bicyclic) bond motifs is 1. The van der Waals surface area contributed by atoms with E-state index in [0.29, 0.717) is 11.3 Å². The van der Waals surface area contributed by atoms with Gasteiger partial charge < -0.3 is 14.8 Å². The molecule has 0 aliphatic carbocycles. The van der Waals surface area contributed by atoms with Crippen LogP contribution in [-0.4, -0.2) is 23.7 Å². The zero-order valence-electron chi connectivity index (χ0n) is 9.86. The van der Waals surface area contributed by atoms with E-state index in [2.05, 4.69) is 5.32 Å². The maximum atomic E-state index is 11.9. The molecule has 2 rings (SSSR count). The molecular formula is C13H15NO3. The number of nitrogens with one attached hydrogen (secondary N) is 1. The van der Waals surface area contributed by atoms with Crippen molar-refractivity contribution in [3.8, 4) is 0 Å². The van der Waals surface area contributed by atoms with Gasteiger partial charge in [-0.25, -0.2) is 0 Å². The zero-order valence-corrected chi connectivity index (χ0v) is 9.86. The van der Waals surface area contributed by atoms with Crippen molar-refractivity contribution in [3.63, 3.8) is 0 Å². The second kappa shape index (κ2) is 4.59. The minimum atomic E-state index is -0.291. The van der Waals surface area contributed by atoms with E-state index in [4.69, 9.17) is 9.52 Å². The first-order chi connectivity index (χ1) is 8.13. The molecular weight excluding hydrogens is 218 g/mol. The lowest BCUT2D eigenvalue weighted by atomic mass is 10.1. The molecule has 0 bridgehead atoms. The molecule has 90 valence electrons. The summed E-state index contributed by atoms with van der Waals surface area (Å²) < 4.78 is 5.51. The Labute approximate surface area is 99.2 Å². The van der Waals surface area contributed by atoms with Gasteiger partial charge in [0.1, 0.15) is 5.58 Å². The minimum absolute atomic E-state index is 0.0922. The van der Waals surface area contributed by atoms with Gasteiger partial charge in [-0.2, -0.15) is 0 Å². The van der Waals surface area contributed by atoms with Crippen LogP contribution in [0, 0.1) is 6.92 Å². The Morgan fingerprint density at radius 3 is 2.82 bits per heavy atom. The molecule has 2 N–H and O–H groups in total. The van der Waals surface area contributed by atoms with Gasteiger partial charge in [-0.15, -0.1) is 0 Å². The van der Waals surface area contributed by atoms with Gasteiger partial charge in [-0.05, 0) is 19.9 Å². The van der Waals surface area contributed by atoms with Crippen LogP contribution in [-0.2, 0) is 0 Å². The largest absolute Gasteiger partial charge is 0.451 e. The molecule has 0 fully saturated rings. The summed E-state index contributed by atoms with van der Waals surface area (Å²) in [6.07, 6.45) is 0. The average Bonchev–Trinajstić information content (AvgIpc) is 2.67. The normalized spacial score (nSPS) is 12.6. The Morgan fingerprint density at radius 2 is 2.18 bits per heavy atom. The maximum Gasteiger partial charge on any atom is 0.287 e. The topological polar surface area (TPSA) is 62.5 Å². The quantitative estimate of drug-likeness (QED) is 0.850. The van der Waals surface area contributed by atoms with Gasteiger partial charge in [0, 0.05) is 17.0 Å². The van der Waals surface area contributed by atoms with E-state index < -0.39 is 0 Å². The van der Waals surface area contributed by atoms with Crippen molar-refractivity contribution in [1.82, 2.24) is 5.32 Å². The highest BCUT2D eigenvalue weighted by Crippen LogP contribution is 2.24. The van der Waals surface area contributed by atoms with Gasteiger partial charge in [0.25, 0.3) is 5.91 Å². The lowest BCUT2D eigenvalue weighted by molar-refractivity contribution is 0.0895. The van der Waals surface area contributed by atoms with Crippen LogP contribution in [0.4, 0.5) is 0 Å². The summed E-state index contributed by atoms with van der Waals surface area (Å²) in [6, 6.07) is 7.23. The van der Waals surface area contributed by atoms with Crippen molar-refractivity contribution in [1.29, 1.82) is 0 Å². The number of aryl methyl sites for hydroxylation is 1. The number of amides is 1. The molecule has 2 aromatic rings. The predicted octanol–water partition coefficient (Wildman–Crippen LogP) is 1.85. The Kier molecular flexibility index (Phi) is 3.15. The third kappa shape index (κ3) is 2.17. The number of benzene rings is 1. The third-order valence-corrected chi connectivity index (χ3v) is 2.70. The number of furan rings is 1. The summed E-state index contributed by atoms with van der Waals surface area (Å²) in [6.45, 7) is 3.49. The van der Waals surface area contributed by atoms with Gasteiger partial charge in [0.2, 0.25) is 0 Å². The van der Waals surface area contributed by atoms with E-state index in [-0.39, 0.29) is 18.6 Å². The highest BCUT2D eigenvalue weighted by atomic mass is 16.3. The van der Waals surface area contributed by atoms with Crippen molar-refractivity contribution in [2.75, 3.05) is 6.61 Å². The summed E-state index contributed by atoms with van der Waals surface area (Å²) >= 11 is 0. The van der Waals surface area contributed by atoms with Gasteiger partial charge >= 0.3 is 0 Å². The average molecular weight is 233 g/mol. The number of aliphatic hydroxyl groups is 1. The van der Waals surface area contributed by atoms with E-state index in [1.54, 1.807) is 6.92 Å². The molecule has 0 spiro atoms. The number of aliphatic hydroxyl groups excluding tert-OH is 1. The van der Waals surface area contributed by atoms with Crippen LogP contribution in [0.25, 0.3) is 11.0 Å². The Morgan fingerprint density at radius 1 is 1.47 bits per heavy atom. The molecule has 0 saturated heterocycles. The number of hydrogen-bond acceptors (Lipinski definition) is 3. The molecule has 0 radical (unpaired) electrons. The number of carbonyl (C=O) groups is 1. The first kappa shape index (κ1) is 11.7. The summed E-state index contributed by atoms with van der Waals surface area (Å²) in [7, 11) is 0. The Hall–Kier alpha value is -1.81. The monoisotopic (exact) mass is 233 g/mol. The Balaban J connectivity index is 2.35. The molecule has 0 saturated carbocycles. The second-order valence-electron chi connectivity index (χ2n) is 4.11. The maximum absolute atomic E-state index is 11.9. The summed E-state index contributed by atoms with van der Waals surface area (Å²) in [5, 5.41) is 12.5. The van der Waals surface area contributed by atoms with Crippen LogP contribution in [0.1, 0.15) is 23.0 Å². The van der Waals surface area contributed by atoms with Crippen molar-refractivity contribution in [2.24, 2.45) is 0 Å². The van der Waals surface area contributed by atoms with Crippen LogP contribution >= 0.6 is 0 Å². The van der Waals surface area contributed by atoms with Gasteiger partial charge in [-0.1, -0.05) is 18.2 Å². The van der Waals surface area contributed by atoms with E-state index in [1.165, 1.54) is 0 Å². The van der Waals surface area contributed by atoms with Gasteiger partial charge in [0.15, 0.2) is 5.76 Å². The number of carbonyl (C=O) groups excluding carboxylic acids is 1. The SMILES string of the molecule is Cc1c(C(=O)N[C@@H](C)CO)oc2ccccc12. The molecule has 0 unspecified atom stereocenters. The van der Waals surface area contributed by atoms with Gasteiger partial charge in [0.05, 0.1) is 6.61 Å². The fraction of sp³-hybridized carbons (Fsp3) is 0.308. The van der Waals surface area contributed by atoms with Crippen molar-refractivity contribution >= 4 is 16.9 Å². The summed E-state index contributed by atoms with van der Waals surface area (Å²) in [5.41, 5.74) is 1.52. The standard InChI is InChI=1S/C13H15NO3/c1-8(7-15)14-13(16)12-9(2)10-5-3-4-6-11(10)17-12/h3-6,8,15H,7H2,1-2H3,(H,14,16)/t8-/m0/s1. The van der Waals surface area contributed by atoms with E-state index in [1.807, 2.05) is 31.2 Å². The highest BCUT2D eigenvalue weighted by molar-refractivity contribution is 5.98. The first-order valence-electron chi connectivity index (χ1n) is 5.53. The van der Waals surface area contributed by atoms with Crippen molar-refractivity contribution in [2.45, 2.75) is 19.9 Å². The smallest absolute Gasteiger partial charge is 0.287 e. The number of hydrogen-bond donors (Lipinski definition) is 2. The summed E-state index contributed by atoms with van der Waals surface area (Å²) in [4.78, 5) is 11.9. The van der Waals surface area contributed by atoms with Crippen molar-refractivity contribution < 1.29 is 14.3 Å². The molecule has 0 aliphatic heterocycles. The minimum Gasteiger partial charge on any atom is -0.451 e. The molecule has 1 aromatic carbocycles. The molecule has 4 heteroatoms. The highest BCUT2D eigenvalue weighted by Gasteiger charge is 2.18. The molecule has 17 heavy (non-hydrogen) atoms. The molecule has 1 atom stereocenters. The van der Waals surface area contributed by atoms with Crippen LogP contribution in [0.3, 0.4) is 0 Å². The zero-order chi connectivity index (χ0) is 12.4. The van der Waals surface area contributed by atoms with Crippen molar-refractivity contribution in [3.05, 3.63) is 35.6 Å². The molecule has 1 aromatic heterocycles. The second-order valence-corrected chi connectivity index (χ2v) is 4.11. The van der Waals surface area contributed by atoms with Gasteiger partial charge in [-0.3, -0.25) is 4.79 Å². The van der Waals surface area contributed by atoms with E-state index >= 15 is 0 Å². The molecule has 1 heterocycles.